The summed E-state index contributed by atoms with van der Waals surface area (Å²) in [5.74, 6) is 0. The van der Waals surface area contributed by atoms with E-state index in [1.165, 1.54) is 0 Å². The lowest BCUT2D eigenvalue weighted by Crippen LogP contribution is -2.65. The van der Waals surface area contributed by atoms with Gasteiger partial charge < -0.3 is 29.2 Å². The fourth-order valence-corrected chi connectivity index (χ4v) is 4.44. The summed E-state index contributed by atoms with van der Waals surface area (Å²) in [5.41, 5.74) is 1.73. The summed E-state index contributed by atoms with van der Waals surface area (Å²) in [6.07, 6.45) is -3.87. The van der Waals surface area contributed by atoms with Gasteiger partial charge in [-0.2, -0.15) is 0 Å². The Hall–Kier alpha value is -2.58. The predicted molar refractivity (Wildman–Crippen MR) is 137 cm³/mol. The largest absolute Gasteiger partial charge is 0.388 e. The zero-order valence-corrected chi connectivity index (χ0v) is 20.9. The molecule has 0 aliphatic carbocycles. The molecule has 36 heavy (non-hydrogen) atoms. The SMILES string of the molecule is CC(C)(O)[C@H]1O[C@H](COCc2ccccc2)[C@@H](OCc2ccccc2)[C@H](OCc2ccccc2)[C@H]1O. The second kappa shape index (κ2) is 12.6. The van der Waals surface area contributed by atoms with Gasteiger partial charge in [0.25, 0.3) is 0 Å². The molecule has 0 unspecified atom stereocenters. The highest BCUT2D eigenvalue weighted by Crippen LogP contribution is 2.32. The third-order valence-electron chi connectivity index (χ3n) is 6.32. The van der Waals surface area contributed by atoms with Crippen molar-refractivity contribution >= 4 is 0 Å². The van der Waals surface area contributed by atoms with Gasteiger partial charge >= 0.3 is 0 Å². The molecule has 0 radical (unpaired) electrons. The quantitative estimate of drug-likeness (QED) is 0.416. The number of aliphatic hydroxyl groups excluding tert-OH is 1. The maximum absolute atomic E-state index is 11.3. The van der Waals surface area contributed by atoms with E-state index in [1.807, 2.05) is 91.0 Å². The first-order chi connectivity index (χ1) is 17.4. The summed E-state index contributed by atoms with van der Waals surface area (Å²) in [6, 6.07) is 29.5. The van der Waals surface area contributed by atoms with Gasteiger partial charge in [0.15, 0.2) is 0 Å². The van der Waals surface area contributed by atoms with Crippen LogP contribution in [0, 0.1) is 0 Å². The van der Waals surface area contributed by atoms with Crippen molar-refractivity contribution in [1.29, 1.82) is 0 Å². The number of hydrogen-bond acceptors (Lipinski definition) is 6. The van der Waals surface area contributed by atoms with E-state index in [0.717, 1.165) is 16.7 Å². The van der Waals surface area contributed by atoms with E-state index in [0.29, 0.717) is 19.8 Å². The minimum absolute atomic E-state index is 0.221. The van der Waals surface area contributed by atoms with E-state index in [1.54, 1.807) is 13.8 Å². The van der Waals surface area contributed by atoms with E-state index >= 15 is 0 Å². The summed E-state index contributed by atoms with van der Waals surface area (Å²) >= 11 is 0. The molecule has 3 aromatic rings. The highest BCUT2D eigenvalue weighted by atomic mass is 16.6. The Morgan fingerprint density at radius 2 is 1.14 bits per heavy atom. The van der Waals surface area contributed by atoms with Crippen LogP contribution in [-0.2, 0) is 38.8 Å². The molecule has 6 heteroatoms. The summed E-state index contributed by atoms with van der Waals surface area (Å²) in [6.45, 7) is 4.51. The van der Waals surface area contributed by atoms with Gasteiger partial charge in [-0.1, -0.05) is 91.0 Å². The van der Waals surface area contributed by atoms with Crippen molar-refractivity contribution < 1.29 is 29.2 Å². The minimum Gasteiger partial charge on any atom is -0.388 e. The lowest BCUT2D eigenvalue weighted by atomic mass is 9.86. The van der Waals surface area contributed by atoms with Gasteiger partial charge in [0, 0.05) is 0 Å². The zero-order chi connectivity index (χ0) is 25.4. The number of aliphatic hydroxyl groups is 2. The normalized spacial score (nSPS) is 24.5. The molecule has 1 aliphatic heterocycles. The molecule has 0 amide bonds. The molecule has 4 rings (SSSR count). The highest BCUT2D eigenvalue weighted by molar-refractivity contribution is 5.15. The Bertz CT molecular complexity index is 1020. The Morgan fingerprint density at radius 3 is 1.61 bits per heavy atom. The van der Waals surface area contributed by atoms with Gasteiger partial charge in [-0.25, -0.2) is 0 Å². The van der Waals surface area contributed by atoms with Crippen molar-refractivity contribution in [1.82, 2.24) is 0 Å². The maximum Gasteiger partial charge on any atom is 0.115 e. The van der Waals surface area contributed by atoms with Crippen LogP contribution in [0.3, 0.4) is 0 Å². The maximum atomic E-state index is 11.3. The lowest BCUT2D eigenvalue weighted by Gasteiger charge is -2.47. The molecule has 0 bridgehead atoms. The molecule has 5 atom stereocenters. The van der Waals surface area contributed by atoms with Gasteiger partial charge in [0.05, 0.1) is 32.0 Å². The van der Waals surface area contributed by atoms with E-state index in [9.17, 15) is 10.2 Å². The Labute approximate surface area is 213 Å². The second-order valence-electron chi connectivity index (χ2n) is 9.76. The summed E-state index contributed by atoms with van der Waals surface area (Å²) in [4.78, 5) is 0. The Morgan fingerprint density at radius 1 is 0.694 bits per heavy atom. The number of hydrogen-bond donors (Lipinski definition) is 2. The summed E-state index contributed by atoms with van der Waals surface area (Å²) < 4.78 is 24.9. The lowest BCUT2D eigenvalue weighted by molar-refractivity contribution is -0.287. The highest BCUT2D eigenvalue weighted by Gasteiger charge is 2.51. The molecule has 3 aromatic carbocycles. The van der Waals surface area contributed by atoms with Gasteiger partial charge in [-0.3, -0.25) is 0 Å². The Kier molecular flexibility index (Phi) is 9.26. The van der Waals surface area contributed by atoms with Crippen molar-refractivity contribution in [2.45, 2.75) is 69.8 Å². The molecular formula is C30H36O6. The first kappa shape index (κ1) is 26.5. The summed E-state index contributed by atoms with van der Waals surface area (Å²) in [5, 5.41) is 22.1. The van der Waals surface area contributed by atoms with Crippen LogP contribution in [0.25, 0.3) is 0 Å². The van der Waals surface area contributed by atoms with Crippen molar-refractivity contribution in [3.8, 4) is 0 Å². The third kappa shape index (κ3) is 7.23. The van der Waals surface area contributed by atoms with E-state index in [2.05, 4.69) is 0 Å². The first-order valence-corrected chi connectivity index (χ1v) is 12.4. The van der Waals surface area contributed by atoms with Gasteiger partial charge in [0.1, 0.15) is 30.5 Å². The van der Waals surface area contributed by atoms with E-state index in [4.69, 9.17) is 18.9 Å². The first-order valence-electron chi connectivity index (χ1n) is 12.4. The molecule has 1 fully saturated rings. The topological polar surface area (TPSA) is 77.4 Å². The third-order valence-corrected chi connectivity index (χ3v) is 6.32. The number of rotatable bonds is 11. The van der Waals surface area contributed by atoms with E-state index in [-0.39, 0.29) is 6.61 Å². The predicted octanol–water partition coefficient (Wildman–Crippen LogP) is 4.27. The summed E-state index contributed by atoms with van der Waals surface area (Å²) in [7, 11) is 0. The molecule has 2 N–H and O–H groups in total. The van der Waals surface area contributed by atoms with Crippen LogP contribution in [0.1, 0.15) is 30.5 Å². The molecule has 192 valence electrons. The van der Waals surface area contributed by atoms with Crippen molar-refractivity contribution in [2.75, 3.05) is 6.61 Å². The van der Waals surface area contributed by atoms with Crippen LogP contribution < -0.4 is 0 Å². The van der Waals surface area contributed by atoms with Crippen LogP contribution in [0.5, 0.6) is 0 Å². The average Bonchev–Trinajstić information content (AvgIpc) is 2.89. The number of ether oxygens (including phenoxy) is 4. The van der Waals surface area contributed by atoms with Crippen molar-refractivity contribution in [3.63, 3.8) is 0 Å². The molecular weight excluding hydrogens is 456 g/mol. The molecule has 1 aliphatic rings. The molecule has 0 spiro atoms. The van der Waals surface area contributed by atoms with Crippen molar-refractivity contribution in [3.05, 3.63) is 108 Å². The molecule has 6 nitrogen and oxygen atoms in total. The van der Waals surface area contributed by atoms with Crippen LogP contribution in [0.15, 0.2) is 91.0 Å². The molecule has 0 saturated carbocycles. The van der Waals surface area contributed by atoms with Crippen LogP contribution in [-0.4, -0.2) is 52.9 Å². The van der Waals surface area contributed by atoms with Gasteiger partial charge in [0.2, 0.25) is 0 Å². The van der Waals surface area contributed by atoms with Crippen molar-refractivity contribution in [2.24, 2.45) is 0 Å². The monoisotopic (exact) mass is 492 g/mol. The second-order valence-corrected chi connectivity index (χ2v) is 9.76. The van der Waals surface area contributed by atoms with Crippen LogP contribution in [0.2, 0.25) is 0 Å². The fourth-order valence-electron chi connectivity index (χ4n) is 4.44. The van der Waals surface area contributed by atoms with Crippen LogP contribution in [0.4, 0.5) is 0 Å². The van der Waals surface area contributed by atoms with Gasteiger partial charge in [-0.15, -0.1) is 0 Å². The fraction of sp³-hybridized carbons (Fsp3) is 0.400. The molecule has 1 saturated heterocycles. The zero-order valence-electron chi connectivity index (χ0n) is 20.9. The Balaban J connectivity index is 1.54. The van der Waals surface area contributed by atoms with Crippen LogP contribution >= 0.6 is 0 Å². The number of benzene rings is 3. The molecule has 1 heterocycles. The van der Waals surface area contributed by atoms with E-state index < -0.39 is 36.1 Å². The minimum atomic E-state index is -1.30. The van der Waals surface area contributed by atoms with Gasteiger partial charge in [-0.05, 0) is 30.5 Å². The standard InChI is InChI=1S/C30H36O6/c1-30(2,32)29-26(31)28(35-20-24-16-10-5-11-17-24)27(34-19-23-14-8-4-9-15-23)25(36-29)21-33-18-22-12-6-3-7-13-22/h3-17,25-29,31-32H,18-21H2,1-2H3/t25-,26-,27-,28-,29+/m1/s1. The smallest absolute Gasteiger partial charge is 0.115 e. The average molecular weight is 493 g/mol. The molecule has 0 aromatic heterocycles.